The van der Waals surface area contributed by atoms with Crippen LogP contribution >= 0.6 is 0 Å². The predicted molar refractivity (Wildman–Crippen MR) is 28.2 cm³/mol. The standard InChI is InChI=1S/C6H9/c1-4-6(3)5-2/h4,6H,1-2H2,3H3. The van der Waals surface area contributed by atoms with Crippen LogP contribution in [0.3, 0.4) is 0 Å². The highest BCUT2D eigenvalue weighted by Gasteiger charge is 1.80. The summed E-state index contributed by atoms with van der Waals surface area (Å²) in [6, 6.07) is 0. The molecule has 0 amide bonds. The minimum absolute atomic E-state index is 0.338. The Bertz CT molecular complexity index is 45.1. The Morgan fingerprint density at radius 3 is 2.33 bits per heavy atom. The minimum atomic E-state index is 0.338. The lowest BCUT2D eigenvalue weighted by atomic mass is 10.2. The van der Waals surface area contributed by atoms with Crippen LogP contribution in [-0.4, -0.2) is 0 Å². The molecule has 0 heterocycles. The summed E-state index contributed by atoms with van der Waals surface area (Å²) in [6.07, 6.45) is 4.55. The first-order valence-corrected chi connectivity index (χ1v) is 1.96. The molecule has 0 aliphatic carbocycles. The van der Waals surface area contributed by atoms with Crippen molar-refractivity contribution >= 4 is 0 Å². The van der Waals surface area contributed by atoms with Gasteiger partial charge < -0.3 is 0 Å². The van der Waals surface area contributed by atoms with Crippen molar-refractivity contribution in [2.45, 2.75) is 6.92 Å². The highest BCUT2D eigenvalue weighted by molar-refractivity contribution is 4.81. The Morgan fingerprint density at radius 2 is 2.33 bits per heavy atom. The third-order valence-corrected chi connectivity index (χ3v) is 0.676. The lowest BCUT2D eigenvalue weighted by Gasteiger charge is -1.87. The molecule has 0 saturated heterocycles. The van der Waals surface area contributed by atoms with E-state index in [1.807, 2.05) is 6.92 Å². The number of rotatable bonds is 2. The van der Waals surface area contributed by atoms with Crippen LogP contribution in [0.4, 0.5) is 0 Å². The van der Waals surface area contributed by atoms with Crippen molar-refractivity contribution in [3.63, 3.8) is 0 Å². The van der Waals surface area contributed by atoms with E-state index >= 15 is 0 Å². The summed E-state index contributed by atoms with van der Waals surface area (Å²) in [5.74, 6) is 0.338. The molecule has 0 saturated carbocycles. The van der Waals surface area contributed by atoms with Crippen LogP contribution in [0.2, 0.25) is 0 Å². The third-order valence-electron chi connectivity index (χ3n) is 0.676. The van der Waals surface area contributed by atoms with Gasteiger partial charge in [-0.2, -0.15) is 0 Å². The molecule has 1 atom stereocenters. The van der Waals surface area contributed by atoms with Gasteiger partial charge in [0.2, 0.25) is 0 Å². The Morgan fingerprint density at radius 1 is 1.83 bits per heavy atom. The lowest BCUT2D eigenvalue weighted by molar-refractivity contribution is 0.918. The fourth-order valence-electron chi connectivity index (χ4n) is 0.0833. The van der Waals surface area contributed by atoms with Crippen LogP contribution in [0.1, 0.15) is 6.92 Å². The Kier molecular flexibility index (Phi) is 2.47. The average Bonchev–Trinajstić information content (AvgIpc) is 1.65. The molecule has 0 aromatic carbocycles. The van der Waals surface area contributed by atoms with Gasteiger partial charge in [-0.1, -0.05) is 19.6 Å². The van der Waals surface area contributed by atoms with E-state index in [2.05, 4.69) is 19.2 Å². The molecule has 0 spiro atoms. The molecule has 6 heavy (non-hydrogen) atoms. The molecule has 1 unspecified atom stereocenters. The van der Waals surface area contributed by atoms with Crippen LogP contribution < -0.4 is 0 Å². The Hall–Kier alpha value is -0.520. The topological polar surface area (TPSA) is 0 Å². The molecule has 0 aliphatic rings. The Labute approximate surface area is 39.2 Å². The van der Waals surface area contributed by atoms with Crippen LogP contribution in [0.25, 0.3) is 0 Å². The summed E-state index contributed by atoms with van der Waals surface area (Å²) >= 11 is 0. The average molecular weight is 81.1 g/mol. The molecular weight excluding hydrogens is 72.1 g/mol. The van der Waals surface area contributed by atoms with E-state index in [0.29, 0.717) is 5.92 Å². The summed E-state index contributed by atoms with van der Waals surface area (Å²) in [6.45, 7) is 8.95. The molecule has 0 aromatic heterocycles. The van der Waals surface area contributed by atoms with Crippen molar-refractivity contribution in [2.75, 3.05) is 0 Å². The zero-order valence-corrected chi connectivity index (χ0v) is 4.07. The highest BCUT2D eigenvalue weighted by Crippen LogP contribution is 1.91. The normalized spacial score (nSPS) is 8.33. The third kappa shape index (κ3) is 1.77. The quantitative estimate of drug-likeness (QED) is 0.444. The molecule has 0 heteroatoms. The molecule has 0 fully saturated rings. The summed E-state index contributed by atoms with van der Waals surface area (Å²) in [7, 11) is 0. The second-order valence-corrected chi connectivity index (χ2v) is 1.23. The molecule has 0 N–H and O–H groups in total. The summed E-state index contributed by atoms with van der Waals surface area (Å²) < 4.78 is 0. The van der Waals surface area contributed by atoms with Gasteiger partial charge in [-0.15, -0.1) is 6.58 Å². The molecule has 1 radical (unpaired) electrons. The van der Waals surface area contributed by atoms with E-state index in [1.54, 1.807) is 6.08 Å². The molecule has 0 rings (SSSR count). The highest BCUT2D eigenvalue weighted by atomic mass is 13.8. The van der Waals surface area contributed by atoms with Crippen molar-refractivity contribution in [3.8, 4) is 0 Å². The number of allylic oxidation sites excluding steroid dienone is 2. The van der Waals surface area contributed by atoms with Crippen molar-refractivity contribution < 1.29 is 0 Å². The van der Waals surface area contributed by atoms with Crippen LogP contribution in [0.15, 0.2) is 19.2 Å². The lowest BCUT2D eigenvalue weighted by Crippen LogP contribution is -1.76. The minimum Gasteiger partial charge on any atom is -0.102 e. The fraction of sp³-hybridized carbons (Fsp3) is 0.333. The van der Waals surface area contributed by atoms with Gasteiger partial charge in [-0.3, -0.25) is 0 Å². The molecule has 0 aromatic rings. The van der Waals surface area contributed by atoms with Gasteiger partial charge in [-0.05, 0) is 12.0 Å². The smallest absolute Gasteiger partial charge is 0.00162 e. The molecule has 0 bridgehead atoms. The van der Waals surface area contributed by atoms with Crippen LogP contribution in [-0.2, 0) is 0 Å². The van der Waals surface area contributed by atoms with Gasteiger partial charge in [0, 0.05) is 0 Å². The molecule has 33 valence electrons. The van der Waals surface area contributed by atoms with Gasteiger partial charge in [0.1, 0.15) is 0 Å². The second-order valence-electron chi connectivity index (χ2n) is 1.23. The van der Waals surface area contributed by atoms with E-state index in [1.165, 1.54) is 0 Å². The van der Waals surface area contributed by atoms with E-state index in [-0.39, 0.29) is 0 Å². The van der Waals surface area contributed by atoms with Crippen molar-refractivity contribution in [1.82, 2.24) is 0 Å². The summed E-state index contributed by atoms with van der Waals surface area (Å²) in [4.78, 5) is 0. The van der Waals surface area contributed by atoms with Gasteiger partial charge in [0.05, 0.1) is 0 Å². The summed E-state index contributed by atoms with van der Waals surface area (Å²) in [5, 5.41) is 0. The van der Waals surface area contributed by atoms with E-state index < -0.39 is 0 Å². The predicted octanol–water partition coefficient (Wildman–Crippen LogP) is 1.80. The van der Waals surface area contributed by atoms with Crippen LogP contribution in [0, 0.1) is 12.0 Å². The maximum atomic E-state index is 3.53. The van der Waals surface area contributed by atoms with E-state index in [4.69, 9.17) is 0 Å². The molecule has 0 aliphatic heterocycles. The monoisotopic (exact) mass is 81.1 g/mol. The van der Waals surface area contributed by atoms with Gasteiger partial charge in [0.25, 0.3) is 0 Å². The fourth-order valence-corrected chi connectivity index (χ4v) is 0.0833. The maximum absolute atomic E-state index is 3.53. The molecule has 0 nitrogen and oxygen atoms in total. The van der Waals surface area contributed by atoms with Gasteiger partial charge in [-0.25, -0.2) is 0 Å². The molecular formula is C6H9. The largest absolute Gasteiger partial charge is 0.102 e. The summed E-state index contributed by atoms with van der Waals surface area (Å²) in [5.41, 5.74) is 0. The second kappa shape index (κ2) is 2.70. The van der Waals surface area contributed by atoms with Gasteiger partial charge in [0.15, 0.2) is 0 Å². The van der Waals surface area contributed by atoms with Crippen molar-refractivity contribution in [1.29, 1.82) is 0 Å². The SMILES string of the molecule is C=[C]C(C)C=C. The van der Waals surface area contributed by atoms with Crippen molar-refractivity contribution in [3.05, 3.63) is 25.3 Å². The van der Waals surface area contributed by atoms with E-state index in [0.717, 1.165) is 0 Å². The van der Waals surface area contributed by atoms with Gasteiger partial charge >= 0.3 is 0 Å². The maximum Gasteiger partial charge on any atom is -0.00162 e. The first-order chi connectivity index (χ1) is 2.81. The first kappa shape index (κ1) is 5.48. The zero-order valence-electron chi connectivity index (χ0n) is 4.07. The number of hydrogen-bond acceptors (Lipinski definition) is 0. The first-order valence-electron chi connectivity index (χ1n) is 1.96. The van der Waals surface area contributed by atoms with Crippen molar-refractivity contribution in [2.24, 2.45) is 5.92 Å². The van der Waals surface area contributed by atoms with E-state index in [9.17, 15) is 0 Å². The zero-order chi connectivity index (χ0) is 4.99. The Balaban J connectivity index is 3.21. The van der Waals surface area contributed by atoms with Crippen LogP contribution in [0.5, 0.6) is 0 Å². The number of hydrogen-bond donors (Lipinski definition) is 0.